The molecule has 15 heavy (non-hydrogen) atoms. The van der Waals surface area contributed by atoms with Crippen LogP contribution < -0.4 is 5.32 Å². The number of carbonyl (C=O) groups is 2. The summed E-state index contributed by atoms with van der Waals surface area (Å²) >= 11 is 0. The molecule has 0 saturated carbocycles. The van der Waals surface area contributed by atoms with E-state index in [0.29, 0.717) is 0 Å². The zero-order valence-electron chi connectivity index (χ0n) is 8.53. The fourth-order valence-corrected chi connectivity index (χ4v) is 1.63. The number of carbonyl (C=O) groups excluding carboxylic acids is 2. The average molecular weight is 205 g/mol. The van der Waals surface area contributed by atoms with E-state index >= 15 is 0 Å². The number of hydrogen-bond donors (Lipinski definition) is 1. The Morgan fingerprint density at radius 3 is 2.60 bits per heavy atom. The number of benzene rings is 1. The highest BCUT2D eigenvalue weighted by Crippen LogP contribution is 2.23. The fraction of sp³-hybridized carbons (Fsp3) is 0.273. The van der Waals surface area contributed by atoms with E-state index in [0.717, 1.165) is 16.7 Å². The SMILES string of the molecule is Cc1ccc(C)c(C2NC(=O)OC2=O)c1. The summed E-state index contributed by atoms with van der Waals surface area (Å²) in [5.74, 6) is -0.534. The number of cyclic esters (lactones) is 2. The molecule has 1 aliphatic rings. The molecule has 1 saturated heterocycles. The summed E-state index contributed by atoms with van der Waals surface area (Å²) in [6.45, 7) is 3.83. The van der Waals surface area contributed by atoms with Crippen molar-refractivity contribution in [2.75, 3.05) is 0 Å². The lowest BCUT2D eigenvalue weighted by Crippen LogP contribution is -2.20. The first-order valence-electron chi connectivity index (χ1n) is 4.67. The highest BCUT2D eigenvalue weighted by molar-refractivity contribution is 5.96. The summed E-state index contributed by atoms with van der Waals surface area (Å²) in [6.07, 6.45) is -0.675. The Kier molecular flexibility index (Phi) is 2.19. The van der Waals surface area contributed by atoms with Crippen molar-refractivity contribution in [2.45, 2.75) is 19.9 Å². The Labute approximate surface area is 87.2 Å². The average Bonchev–Trinajstić information content (AvgIpc) is 2.50. The monoisotopic (exact) mass is 205 g/mol. The molecule has 2 rings (SSSR count). The first-order chi connectivity index (χ1) is 7.08. The highest BCUT2D eigenvalue weighted by atomic mass is 16.6. The minimum atomic E-state index is -0.675. The second kappa shape index (κ2) is 3.38. The molecule has 1 heterocycles. The van der Waals surface area contributed by atoms with Gasteiger partial charge in [0.25, 0.3) is 0 Å². The van der Waals surface area contributed by atoms with Crippen LogP contribution in [0.2, 0.25) is 0 Å². The normalized spacial score (nSPS) is 20.0. The van der Waals surface area contributed by atoms with Gasteiger partial charge in [0.2, 0.25) is 0 Å². The number of nitrogens with one attached hydrogen (secondary N) is 1. The number of ether oxygens (including phenoxy) is 1. The standard InChI is InChI=1S/C11H11NO3/c1-6-3-4-7(2)8(5-6)9-10(13)15-11(14)12-9/h3-5,9H,1-2H3,(H,12,14). The Morgan fingerprint density at radius 1 is 1.27 bits per heavy atom. The first-order valence-corrected chi connectivity index (χ1v) is 4.67. The van der Waals surface area contributed by atoms with Crippen LogP contribution >= 0.6 is 0 Å². The smallest absolute Gasteiger partial charge is 0.374 e. The molecule has 1 aromatic rings. The lowest BCUT2D eigenvalue weighted by atomic mass is 9.99. The van der Waals surface area contributed by atoms with E-state index in [1.54, 1.807) is 0 Å². The third kappa shape index (κ3) is 1.70. The Hall–Kier alpha value is -1.84. The minimum absolute atomic E-state index is 0.534. The third-order valence-corrected chi connectivity index (χ3v) is 2.44. The minimum Gasteiger partial charge on any atom is -0.374 e. The Morgan fingerprint density at radius 2 is 2.00 bits per heavy atom. The predicted octanol–water partition coefficient (Wildman–Crippen LogP) is 1.61. The van der Waals surface area contributed by atoms with Gasteiger partial charge >= 0.3 is 12.1 Å². The summed E-state index contributed by atoms with van der Waals surface area (Å²) in [5.41, 5.74) is 2.81. The molecule has 4 nitrogen and oxygen atoms in total. The lowest BCUT2D eigenvalue weighted by Gasteiger charge is -2.10. The largest absolute Gasteiger partial charge is 0.415 e. The zero-order chi connectivity index (χ0) is 11.0. The quantitative estimate of drug-likeness (QED) is 0.559. The molecule has 78 valence electrons. The second-order valence-corrected chi connectivity index (χ2v) is 3.65. The van der Waals surface area contributed by atoms with E-state index in [1.165, 1.54) is 0 Å². The maximum absolute atomic E-state index is 11.3. The number of amides is 1. The van der Waals surface area contributed by atoms with E-state index in [4.69, 9.17) is 0 Å². The van der Waals surface area contributed by atoms with Crippen LogP contribution in [0.3, 0.4) is 0 Å². The van der Waals surface area contributed by atoms with Gasteiger partial charge in [-0.1, -0.05) is 23.8 Å². The van der Waals surface area contributed by atoms with E-state index in [1.807, 2.05) is 32.0 Å². The molecule has 4 heteroatoms. The van der Waals surface area contributed by atoms with Gasteiger partial charge in [-0.15, -0.1) is 0 Å². The van der Waals surface area contributed by atoms with Gasteiger partial charge in [0.1, 0.15) is 0 Å². The van der Waals surface area contributed by atoms with E-state index < -0.39 is 18.1 Å². The van der Waals surface area contributed by atoms with Crippen LogP contribution in [-0.4, -0.2) is 12.1 Å². The Bertz CT molecular complexity index is 439. The number of esters is 1. The molecular formula is C11H11NO3. The molecule has 0 aromatic heterocycles. The van der Waals surface area contributed by atoms with Crippen LogP contribution in [0.25, 0.3) is 0 Å². The van der Waals surface area contributed by atoms with Crippen molar-refractivity contribution in [1.82, 2.24) is 5.32 Å². The van der Waals surface area contributed by atoms with Gasteiger partial charge in [-0.25, -0.2) is 9.59 Å². The summed E-state index contributed by atoms with van der Waals surface area (Å²) in [7, 11) is 0. The van der Waals surface area contributed by atoms with Crippen molar-refractivity contribution in [2.24, 2.45) is 0 Å². The molecule has 1 aromatic carbocycles. The van der Waals surface area contributed by atoms with Crippen LogP contribution in [-0.2, 0) is 9.53 Å². The summed E-state index contributed by atoms with van der Waals surface area (Å²) in [5, 5.41) is 2.48. The zero-order valence-corrected chi connectivity index (χ0v) is 8.53. The predicted molar refractivity (Wildman–Crippen MR) is 53.3 cm³/mol. The molecule has 0 bridgehead atoms. The van der Waals surface area contributed by atoms with Crippen LogP contribution in [0.4, 0.5) is 4.79 Å². The van der Waals surface area contributed by atoms with Crippen molar-refractivity contribution in [3.63, 3.8) is 0 Å². The first kappa shape index (κ1) is 9.71. The van der Waals surface area contributed by atoms with E-state index in [2.05, 4.69) is 10.1 Å². The molecule has 0 radical (unpaired) electrons. The van der Waals surface area contributed by atoms with Gasteiger partial charge < -0.3 is 10.1 Å². The van der Waals surface area contributed by atoms with Gasteiger partial charge in [0.05, 0.1) is 0 Å². The molecule has 0 spiro atoms. The highest BCUT2D eigenvalue weighted by Gasteiger charge is 2.34. The molecule has 0 aliphatic carbocycles. The lowest BCUT2D eigenvalue weighted by molar-refractivity contribution is -0.135. The second-order valence-electron chi connectivity index (χ2n) is 3.65. The summed E-state index contributed by atoms with van der Waals surface area (Å²) < 4.78 is 4.43. The van der Waals surface area contributed by atoms with Crippen molar-refractivity contribution >= 4 is 12.1 Å². The van der Waals surface area contributed by atoms with Crippen LogP contribution in [0.5, 0.6) is 0 Å². The maximum Gasteiger partial charge on any atom is 0.415 e. The van der Waals surface area contributed by atoms with E-state index in [9.17, 15) is 9.59 Å². The summed E-state index contributed by atoms with van der Waals surface area (Å²) in [6, 6.07) is 5.10. The number of hydrogen-bond acceptors (Lipinski definition) is 3. The number of rotatable bonds is 1. The van der Waals surface area contributed by atoms with Gasteiger partial charge in [-0.2, -0.15) is 0 Å². The van der Waals surface area contributed by atoms with Crippen molar-refractivity contribution < 1.29 is 14.3 Å². The topological polar surface area (TPSA) is 55.4 Å². The third-order valence-electron chi connectivity index (χ3n) is 2.44. The molecule has 1 fully saturated rings. The number of alkyl carbamates (subject to hydrolysis) is 1. The molecule has 1 N–H and O–H groups in total. The molecule has 1 unspecified atom stereocenters. The van der Waals surface area contributed by atoms with Crippen molar-refractivity contribution in [3.8, 4) is 0 Å². The van der Waals surface area contributed by atoms with Crippen LogP contribution in [0, 0.1) is 13.8 Å². The van der Waals surface area contributed by atoms with Crippen molar-refractivity contribution in [3.05, 3.63) is 34.9 Å². The van der Waals surface area contributed by atoms with Crippen LogP contribution in [0.15, 0.2) is 18.2 Å². The number of aryl methyl sites for hydroxylation is 2. The molecular weight excluding hydrogens is 194 g/mol. The maximum atomic E-state index is 11.3. The fourth-order valence-electron chi connectivity index (χ4n) is 1.63. The Balaban J connectivity index is 2.41. The van der Waals surface area contributed by atoms with Crippen molar-refractivity contribution in [1.29, 1.82) is 0 Å². The van der Waals surface area contributed by atoms with E-state index in [-0.39, 0.29) is 0 Å². The van der Waals surface area contributed by atoms with Gasteiger partial charge in [0, 0.05) is 0 Å². The molecule has 1 aliphatic heterocycles. The summed E-state index contributed by atoms with van der Waals surface area (Å²) in [4.78, 5) is 22.2. The van der Waals surface area contributed by atoms with Gasteiger partial charge in [-0.3, -0.25) is 0 Å². The molecule has 1 atom stereocenters. The molecule has 1 amide bonds. The van der Waals surface area contributed by atoms with Crippen LogP contribution in [0.1, 0.15) is 22.7 Å². The van der Waals surface area contributed by atoms with Gasteiger partial charge in [-0.05, 0) is 25.0 Å². The van der Waals surface area contributed by atoms with Gasteiger partial charge in [0.15, 0.2) is 6.04 Å².